The number of hydrogen-bond acceptors (Lipinski definition) is 3. The molecule has 1 aromatic rings. The van der Waals surface area contributed by atoms with E-state index in [1.165, 1.54) is 25.0 Å². The van der Waals surface area contributed by atoms with Crippen LogP contribution in [0.3, 0.4) is 0 Å². The van der Waals surface area contributed by atoms with Crippen LogP contribution in [-0.2, 0) is 13.0 Å². The summed E-state index contributed by atoms with van der Waals surface area (Å²) < 4.78 is 2.05. The number of hydrogen-bond donors (Lipinski definition) is 1. The van der Waals surface area contributed by atoms with Gasteiger partial charge < -0.3 is 10.0 Å². The van der Waals surface area contributed by atoms with Gasteiger partial charge in [-0.2, -0.15) is 5.10 Å². The SMILES string of the molecule is CN1CCc2c(c(C(=O)O)nn2C2CCCCC2)C1. The number of fused-ring (bicyclic) bond motifs is 1. The fourth-order valence-corrected chi connectivity index (χ4v) is 3.38. The molecule has 0 bridgehead atoms. The van der Waals surface area contributed by atoms with Crippen molar-refractivity contribution in [1.29, 1.82) is 0 Å². The lowest BCUT2D eigenvalue weighted by molar-refractivity contribution is 0.0686. The zero-order valence-corrected chi connectivity index (χ0v) is 11.4. The van der Waals surface area contributed by atoms with Crippen molar-refractivity contribution in [3.05, 3.63) is 17.0 Å². The van der Waals surface area contributed by atoms with Crippen LogP contribution < -0.4 is 0 Å². The maximum absolute atomic E-state index is 11.4. The molecule has 1 aliphatic heterocycles. The van der Waals surface area contributed by atoms with Gasteiger partial charge in [0.05, 0.1) is 6.04 Å². The third-order valence-corrected chi connectivity index (χ3v) is 4.40. The number of carboxylic acid groups (broad SMARTS) is 1. The molecule has 0 spiro atoms. The van der Waals surface area contributed by atoms with Crippen molar-refractivity contribution >= 4 is 5.97 Å². The third kappa shape index (κ3) is 2.27. The Bertz CT molecular complexity index is 489. The Kier molecular flexibility index (Phi) is 3.31. The van der Waals surface area contributed by atoms with E-state index in [1.54, 1.807) is 0 Å². The molecule has 0 saturated heterocycles. The second-order valence-corrected chi connectivity index (χ2v) is 5.80. The molecule has 0 atom stereocenters. The van der Waals surface area contributed by atoms with Crippen LogP contribution >= 0.6 is 0 Å². The van der Waals surface area contributed by atoms with Gasteiger partial charge in [-0.25, -0.2) is 4.79 Å². The Labute approximate surface area is 113 Å². The second kappa shape index (κ2) is 4.96. The van der Waals surface area contributed by atoms with Crippen LogP contribution in [0, 0.1) is 0 Å². The van der Waals surface area contributed by atoms with Gasteiger partial charge in [0.25, 0.3) is 0 Å². The van der Waals surface area contributed by atoms with Crippen LogP contribution in [0.5, 0.6) is 0 Å². The zero-order valence-electron chi connectivity index (χ0n) is 11.4. The second-order valence-electron chi connectivity index (χ2n) is 5.80. The van der Waals surface area contributed by atoms with E-state index in [0.717, 1.165) is 31.4 Å². The predicted octanol–water partition coefficient (Wildman–Crippen LogP) is 2.07. The number of aromatic nitrogens is 2. The fraction of sp³-hybridized carbons (Fsp3) is 0.714. The predicted molar refractivity (Wildman–Crippen MR) is 71.3 cm³/mol. The Morgan fingerprint density at radius 3 is 2.74 bits per heavy atom. The fourth-order valence-electron chi connectivity index (χ4n) is 3.38. The average molecular weight is 263 g/mol. The largest absolute Gasteiger partial charge is 0.476 e. The first-order valence-corrected chi connectivity index (χ1v) is 7.19. The van der Waals surface area contributed by atoms with Crippen LogP contribution in [0.2, 0.25) is 0 Å². The quantitative estimate of drug-likeness (QED) is 0.887. The molecule has 2 aliphatic rings. The number of nitrogens with zero attached hydrogens (tertiary/aromatic N) is 3. The van der Waals surface area contributed by atoms with Crippen LogP contribution in [0.25, 0.3) is 0 Å². The highest BCUT2D eigenvalue weighted by atomic mass is 16.4. The smallest absolute Gasteiger partial charge is 0.356 e. The summed E-state index contributed by atoms with van der Waals surface area (Å²) in [5, 5.41) is 13.8. The number of rotatable bonds is 2. The van der Waals surface area contributed by atoms with Crippen molar-refractivity contribution in [2.75, 3.05) is 13.6 Å². The van der Waals surface area contributed by atoms with E-state index in [2.05, 4.69) is 10.00 Å². The molecule has 3 rings (SSSR count). The Morgan fingerprint density at radius 2 is 2.05 bits per heavy atom. The topological polar surface area (TPSA) is 58.4 Å². The van der Waals surface area contributed by atoms with E-state index in [-0.39, 0.29) is 5.69 Å². The van der Waals surface area contributed by atoms with Crippen molar-refractivity contribution in [2.45, 2.75) is 51.1 Å². The highest BCUT2D eigenvalue weighted by molar-refractivity contribution is 5.87. The van der Waals surface area contributed by atoms with Gasteiger partial charge >= 0.3 is 5.97 Å². The lowest BCUT2D eigenvalue weighted by atomic mass is 9.95. The van der Waals surface area contributed by atoms with Crippen molar-refractivity contribution in [1.82, 2.24) is 14.7 Å². The maximum Gasteiger partial charge on any atom is 0.356 e. The van der Waals surface area contributed by atoms with Crippen LogP contribution in [0.15, 0.2) is 0 Å². The summed E-state index contributed by atoms with van der Waals surface area (Å²) in [5.41, 5.74) is 2.38. The summed E-state index contributed by atoms with van der Waals surface area (Å²) in [6.45, 7) is 1.70. The molecule has 1 N–H and O–H groups in total. The average Bonchev–Trinajstić information content (AvgIpc) is 2.78. The summed E-state index contributed by atoms with van der Waals surface area (Å²) in [4.78, 5) is 13.5. The summed E-state index contributed by atoms with van der Waals surface area (Å²) in [6.07, 6.45) is 6.98. The highest BCUT2D eigenvalue weighted by Crippen LogP contribution is 2.32. The number of carboxylic acids is 1. The Balaban J connectivity index is 2.00. The molecule has 2 heterocycles. The molecule has 1 aliphatic carbocycles. The number of carbonyl (C=O) groups is 1. The lowest BCUT2D eigenvalue weighted by Crippen LogP contribution is -2.29. The monoisotopic (exact) mass is 263 g/mol. The minimum Gasteiger partial charge on any atom is -0.476 e. The number of likely N-dealkylation sites (N-methyl/N-ethyl adjacent to an activating group) is 1. The first-order valence-electron chi connectivity index (χ1n) is 7.19. The molecule has 5 nitrogen and oxygen atoms in total. The maximum atomic E-state index is 11.4. The molecule has 104 valence electrons. The molecule has 0 radical (unpaired) electrons. The van der Waals surface area contributed by atoms with Gasteiger partial charge in [0.15, 0.2) is 5.69 Å². The molecule has 19 heavy (non-hydrogen) atoms. The van der Waals surface area contributed by atoms with E-state index in [0.29, 0.717) is 12.6 Å². The van der Waals surface area contributed by atoms with E-state index >= 15 is 0 Å². The third-order valence-electron chi connectivity index (χ3n) is 4.40. The van der Waals surface area contributed by atoms with Gasteiger partial charge in [0.2, 0.25) is 0 Å². The Morgan fingerprint density at radius 1 is 1.32 bits per heavy atom. The van der Waals surface area contributed by atoms with Crippen molar-refractivity contribution in [2.24, 2.45) is 0 Å². The molecule has 1 fully saturated rings. The summed E-state index contributed by atoms with van der Waals surface area (Å²) in [7, 11) is 2.03. The summed E-state index contributed by atoms with van der Waals surface area (Å²) in [5.74, 6) is -0.888. The lowest BCUT2D eigenvalue weighted by Gasteiger charge is -2.27. The van der Waals surface area contributed by atoms with Crippen LogP contribution in [-0.4, -0.2) is 39.3 Å². The first-order chi connectivity index (χ1) is 9.16. The van der Waals surface area contributed by atoms with E-state index in [4.69, 9.17) is 0 Å². The molecule has 1 saturated carbocycles. The zero-order chi connectivity index (χ0) is 13.4. The molecule has 5 heteroatoms. The minimum atomic E-state index is -0.888. The minimum absolute atomic E-state index is 0.270. The summed E-state index contributed by atoms with van der Waals surface area (Å²) >= 11 is 0. The molecular formula is C14H21N3O2. The van der Waals surface area contributed by atoms with Crippen molar-refractivity contribution in [3.63, 3.8) is 0 Å². The molecule has 0 aromatic carbocycles. The summed E-state index contributed by atoms with van der Waals surface area (Å²) in [6, 6.07) is 0.416. The molecule has 0 unspecified atom stereocenters. The van der Waals surface area contributed by atoms with Gasteiger partial charge in [-0.3, -0.25) is 4.68 Å². The Hall–Kier alpha value is -1.36. The van der Waals surface area contributed by atoms with Crippen LogP contribution in [0.1, 0.15) is 59.9 Å². The van der Waals surface area contributed by atoms with E-state index in [1.807, 2.05) is 11.7 Å². The van der Waals surface area contributed by atoms with Gasteiger partial charge in [-0.05, 0) is 19.9 Å². The first kappa shape index (κ1) is 12.7. The van der Waals surface area contributed by atoms with E-state index in [9.17, 15) is 9.90 Å². The van der Waals surface area contributed by atoms with Crippen molar-refractivity contribution in [3.8, 4) is 0 Å². The van der Waals surface area contributed by atoms with E-state index < -0.39 is 5.97 Å². The van der Waals surface area contributed by atoms with Gasteiger partial charge in [0.1, 0.15) is 0 Å². The van der Waals surface area contributed by atoms with Crippen LogP contribution in [0.4, 0.5) is 0 Å². The van der Waals surface area contributed by atoms with Crippen molar-refractivity contribution < 1.29 is 9.90 Å². The van der Waals surface area contributed by atoms with Gasteiger partial charge in [-0.1, -0.05) is 19.3 Å². The van der Waals surface area contributed by atoms with Gasteiger partial charge in [0, 0.05) is 30.8 Å². The normalized spacial score (nSPS) is 21.3. The molecular weight excluding hydrogens is 242 g/mol. The molecule has 0 amide bonds. The highest BCUT2D eigenvalue weighted by Gasteiger charge is 2.29. The van der Waals surface area contributed by atoms with Gasteiger partial charge in [-0.15, -0.1) is 0 Å². The number of aromatic carboxylic acids is 1. The standard InChI is InChI=1S/C14H21N3O2/c1-16-8-7-12-11(9-16)13(14(18)19)15-17(12)10-5-3-2-4-6-10/h10H,2-9H2,1H3,(H,18,19). The molecule has 1 aromatic heterocycles.